The van der Waals surface area contributed by atoms with Crippen molar-refractivity contribution >= 4 is 29.5 Å². The zero-order chi connectivity index (χ0) is 30.3. The summed E-state index contributed by atoms with van der Waals surface area (Å²) >= 11 is 0. The number of allylic oxidation sites excluding steroid dienone is 4. The van der Waals surface area contributed by atoms with Crippen molar-refractivity contribution in [3.8, 4) is 0 Å². The second kappa shape index (κ2) is 13.8. The van der Waals surface area contributed by atoms with Crippen LogP contribution in [0.15, 0.2) is 72.1 Å². The first-order valence-electron chi connectivity index (χ1n) is 12.7. The number of Topliss-reactive ketones (excluding diaryl/α,β-unsaturated/α-hetero) is 1. The Morgan fingerprint density at radius 2 is 1.07 bits per heavy atom. The highest BCUT2D eigenvalue weighted by Gasteiger charge is 2.37. The van der Waals surface area contributed by atoms with Gasteiger partial charge in [0.2, 0.25) is 0 Å². The van der Waals surface area contributed by atoms with E-state index in [-0.39, 0.29) is 13.1 Å². The fourth-order valence-corrected chi connectivity index (χ4v) is 4.06. The average molecular weight is 570 g/mol. The summed E-state index contributed by atoms with van der Waals surface area (Å²) in [4.78, 5) is 42.4. The second-order valence-corrected chi connectivity index (χ2v) is 9.91. The van der Waals surface area contributed by atoms with E-state index in [1.165, 1.54) is 36.4 Å². The van der Waals surface area contributed by atoms with E-state index in [1.807, 2.05) is 0 Å². The van der Waals surface area contributed by atoms with Crippen LogP contribution in [-0.4, -0.2) is 68.4 Å². The number of benzene rings is 2. The van der Waals surface area contributed by atoms with Gasteiger partial charge in [-0.2, -0.15) is 0 Å². The van der Waals surface area contributed by atoms with Crippen molar-refractivity contribution in [2.45, 2.75) is 0 Å². The zero-order valence-electron chi connectivity index (χ0n) is 23.1. The van der Waals surface area contributed by atoms with Crippen molar-refractivity contribution < 1.29 is 31.9 Å². The summed E-state index contributed by atoms with van der Waals surface area (Å²) in [5.74, 6) is -7.64. The van der Waals surface area contributed by atoms with Crippen LogP contribution in [0.1, 0.15) is 11.1 Å². The Morgan fingerprint density at radius 3 is 1.41 bits per heavy atom. The molecule has 216 valence electrons. The third-order valence-electron chi connectivity index (χ3n) is 6.46. The third kappa shape index (κ3) is 8.34. The molecule has 0 saturated carbocycles. The predicted octanol–water partition coefficient (Wildman–Crippen LogP) is 4.40. The van der Waals surface area contributed by atoms with Crippen LogP contribution < -0.4 is 5.32 Å². The highest BCUT2D eigenvalue weighted by Crippen LogP contribution is 2.19. The molecule has 0 spiro atoms. The highest BCUT2D eigenvalue weighted by molar-refractivity contribution is 6.17. The van der Waals surface area contributed by atoms with Crippen molar-refractivity contribution in [2.24, 2.45) is 11.8 Å². The molecule has 2 atom stereocenters. The summed E-state index contributed by atoms with van der Waals surface area (Å²) < 4.78 is 53.7. The molecule has 6 nitrogen and oxygen atoms in total. The maximum absolute atomic E-state index is 13.6. The Bertz CT molecular complexity index is 1340. The largest absolute Gasteiger partial charge is 0.378 e. The van der Waals surface area contributed by atoms with E-state index in [9.17, 15) is 31.9 Å². The molecule has 1 aliphatic rings. The minimum Gasteiger partial charge on any atom is -0.378 e. The van der Waals surface area contributed by atoms with Gasteiger partial charge in [0.15, 0.2) is 40.6 Å². The van der Waals surface area contributed by atoms with Gasteiger partial charge in [-0.15, -0.1) is 0 Å². The molecule has 0 aliphatic carbocycles. The van der Waals surface area contributed by atoms with Crippen LogP contribution in [0.5, 0.6) is 0 Å². The molecular formula is C31H31F4N3O3. The van der Waals surface area contributed by atoms with Gasteiger partial charge in [0.25, 0.3) is 0 Å². The van der Waals surface area contributed by atoms with Gasteiger partial charge in [0.05, 0.1) is 11.8 Å². The Labute approximate surface area is 236 Å². The van der Waals surface area contributed by atoms with Crippen LogP contribution in [0.3, 0.4) is 0 Å². The average Bonchev–Trinajstić information content (AvgIpc) is 2.92. The number of halogens is 4. The molecule has 3 rings (SSSR count). The Kier molecular flexibility index (Phi) is 10.5. The maximum atomic E-state index is 13.6. The van der Waals surface area contributed by atoms with Crippen LogP contribution in [-0.2, 0) is 14.4 Å². The lowest BCUT2D eigenvalue weighted by molar-refractivity contribution is -0.137. The molecule has 2 aromatic rings. The van der Waals surface area contributed by atoms with Crippen molar-refractivity contribution in [1.82, 2.24) is 15.1 Å². The van der Waals surface area contributed by atoms with Gasteiger partial charge in [-0.25, -0.2) is 17.6 Å². The minimum atomic E-state index is -1.08. The molecule has 1 heterocycles. The number of piperidine rings is 1. The van der Waals surface area contributed by atoms with Gasteiger partial charge in [0, 0.05) is 52.7 Å². The molecule has 10 heteroatoms. The van der Waals surface area contributed by atoms with Gasteiger partial charge in [-0.05, 0) is 71.8 Å². The number of hydrogen-bond acceptors (Lipinski definition) is 6. The van der Waals surface area contributed by atoms with Crippen molar-refractivity contribution in [1.29, 1.82) is 0 Å². The number of carbonyl (C=O) groups excluding carboxylic acids is 3. The van der Waals surface area contributed by atoms with E-state index >= 15 is 0 Å². The summed E-state index contributed by atoms with van der Waals surface area (Å²) in [6.45, 7) is 0.136. The van der Waals surface area contributed by atoms with Gasteiger partial charge in [-0.1, -0.05) is 12.1 Å². The molecule has 2 aromatic carbocycles. The number of carbonyl (C=O) groups is 3. The summed E-state index contributed by atoms with van der Waals surface area (Å²) in [7, 11) is 6.82. The smallest absolute Gasteiger partial charge is 0.167 e. The molecule has 1 saturated heterocycles. The number of likely N-dealkylation sites (N-methyl/N-ethyl adjacent to an activating group) is 2. The first kappa shape index (κ1) is 31.2. The first-order chi connectivity index (χ1) is 19.4. The molecule has 41 heavy (non-hydrogen) atoms. The number of nitrogens with zero attached hydrogens (tertiary/aromatic N) is 2. The predicted molar refractivity (Wildman–Crippen MR) is 149 cm³/mol. The van der Waals surface area contributed by atoms with E-state index in [4.69, 9.17) is 0 Å². The highest BCUT2D eigenvalue weighted by atomic mass is 19.2. The summed E-state index contributed by atoms with van der Waals surface area (Å²) in [5, 5.41) is 2.97. The molecule has 0 radical (unpaired) electrons. The molecule has 1 N–H and O–H groups in total. The Balaban J connectivity index is 1.74. The van der Waals surface area contributed by atoms with Crippen LogP contribution in [0.4, 0.5) is 17.6 Å². The molecule has 0 amide bonds. The minimum absolute atomic E-state index is 0.0681. The number of hydrogen-bond donors (Lipinski definition) is 1. The molecule has 0 aromatic heterocycles. The number of rotatable bonds is 10. The van der Waals surface area contributed by atoms with E-state index in [2.05, 4.69) is 5.32 Å². The van der Waals surface area contributed by atoms with E-state index < -0.39 is 52.5 Å². The van der Waals surface area contributed by atoms with Crippen LogP contribution >= 0.6 is 0 Å². The van der Waals surface area contributed by atoms with Crippen molar-refractivity contribution in [2.75, 3.05) is 41.3 Å². The van der Waals surface area contributed by atoms with E-state index in [1.54, 1.807) is 50.1 Å². The quantitative estimate of drug-likeness (QED) is 0.198. The lowest BCUT2D eigenvalue weighted by Crippen LogP contribution is -2.49. The van der Waals surface area contributed by atoms with Crippen molar-refractivity contribution in [3.63, 3.8) is 0 Å². The number of ketones is 3. The third-order valence-corrected chi connectivity index (χ3v) is 6.46. The maximum Gasteiger partial charge on any atom is 0.167 e. The lowest BCUT2D eigenvalue weighted by Gasteiger charge is -2.26. The van der Waals surface area contributed by atoms with Crippen LogP contribution in [0.2, 0.25) is 0 Å². The van der Waals surface area contributed by atoms with Gasteiger partial charge < -0.3 is 15.1 Å². The summed E-state index contributed by atoms with van der Waals surface area (Å²) in [5.41, 5.74) is 1.77. The fourth-order valence-electron chi connectivity index (χ4n) is 4.06. The van der Waals surface area contributed by atoms with Gasteiger partial charge in [0.1, 0.15) is 0 Å². The standard InChI is InChI=1S/C31H31F4N3O3/c1-37(2)21(13-19-5-9-25(32)27(34)15-19)7-11-29(39)23-17-36-18-24(31(23)41)30(40)12-8-22(38(3)4)14-20-6-10-26(33)28(35)16-20/h5-16,23-24,36H,17-18H2,1-4H3/b11-7-,12-8-,21-13+,22-14+. The zero-order valence-corrected chi connectivity index (χ0v) is 23.1. The van der Waals surface area contributed by atoms with Crippen LogP contribution in [0.25, 0.3) is 12.2 Å². The summed E-state index contributed by atoms with van der Waals surface area (Å²) in [6, 6.07) is 6.85. The molecule has 1 aliphatic heterocycles. The topological polar surface area (TPSA) is 69.7 Å². The fraction of sp³-hybridized carbons (Fsp3) is 0.258. The normalized spacial score (nSPS) is 18.3. The van der Waals surface area contributed by atoms with E-state index in [0.717, 1.165) is 24.3 Å². The monoisotopic (exact) mass is 569 g/mol. The second-order valence-electron chi connectivity index (χ2n) is 9.91. The molecular weight excluding hydrogens is 538 g/mol. The van der Waals surface area contributed by atoms with Gasteiger partial charge >= 0.3 is 0 Å². The Morgan fingerprint density at radius 1 is 0.683 bits per heavy atom. The Hall–Kier alpha value is -4.31. The van der Waals surface area contributed by atoms with Crippen LogP contribution in [0, 0.1) is 35.1 Å². The van der Waals surface area contributed by atoms with E-state index in [0.29, 0.717) is 22.5 Å². The van der Waals surface area contributed by atoms with Crippen molar-refractivity contribution in [3.05, 3.63) is 106 Å². The number of nitrogens with one attached hydrogen (secondary N) is 1. The first-order valence-corrected chi connectivity index (χ1v) is 12.7. The van der Waals surface area contributed by atoms with Gasteiger partial charge in [-0.3, -0.25) is 14.4 Å². The molecule has 0 bridgehead atoms. The summed E-state index contributed by atoms with van der Waals surface area (Å²) in [6.07, 6.45) is 8.51. The lowest BCUT2D eigenvalue weighted by atomic mass is 9.83. The SMILES string of the molecule is CN(C)C(/C=C\C(=O)C1CNCC(C(=O)/C=C\C(=C/c2ccc(F)c(F)c2)N(C)C)C1=O)=C/c1ccc(F)c(F)c1. The molecule has 2 unspecified atom stereocenters. The molecule has 1 fully saturated rings.